The van der Waals surface area contributed by atoms with E-state index in [1.54, 1.807) is 35.4 Å². The SMILES string of the molecule is Cn1cc(-c2ccc(CO)cn2)cn1.OCc1ccc(Cl)nc1. The highest BCUT2D eigenvalue weighted by molar-refractivity contribution is 6.29. The first-order valence-electron chi connectivity index (χ1n) is 6.88. The molecule has 0 aromatic carbocycles. The highest BCUT2D eigenvalue weighted by Gasteiger charge is 2.01. The molecule has 0 aliphatic heterocycles. The summed E-state index contributed by atoms with van der Waals surface area (Å²) < 4.78 is 1.73. The van der Waals surface area contributed by atoms with Gasteiger partial charge in [-0.05, 0) is 23.3 Å². The summed E-state index contributed by atoms with van der Waals surface area (Å²) in [7, 11) is 1.87. The molecule has 0 amide bonds. The van der Waals surface area contributed by atoms with E-state index in [0.717, 1.165) is 22.4 Å². The second-order valence-electron chi connectivity index (χ2n) is 4.76. The average molecular weight is 333 g/mol. The van der Waals surface area contributed by atoms with Gasteiger partial charge in [0.1, 0.15) is 5.15 Å². The van der Waals surface area contributed by atoms with Crippen molar-refractivity contribution in [1.29, 1.82) is 0 Å². The van der Waals surface area contributed by atoms with Crippen molar-refractivity contribution in [3.05, 3.63) is 65.3 Å². The van der Waals surface area contributed by atoms with Crippen LogP contribution in [0.5, 0.6) is 0 Å². The maximum absolute atomic E-state index is 8.85. The lowest BCUT2D eigenvalue weighted by atomic mass is 10.2. The van der Waals surface area contributed by atoms with Crippen LogP contribution >= 0.6 is 11.6 Å². The van der Waals surface area contributed by atoms with Crippen LogP contribution in [0.25, 0.3) is 11.3 Å². The van der Waals surface area contributed by atoms with Crippen molar-refractivity contribution in [2.75, 3.05) is 0 Å². The van der Waals surface area contributed by atoms with Gasteiger partial charge < -0.3 is 10.2 Å². The average Bonchev–Trinajstić information content (AvgIpc) is 3.03. The Balaban J connectivity index is 0.000000185. The van der Waals surface area contributed by atoms with E-state index in [1.165, 1.54) is 0 Å². The van der Waals surface area contributed by atoms with Crippen molar-refractivity contribution >= 4 is 11.6 Å². The minimum absolute atomic E-state index is 0.0180. The molecular weight excluding hydrogens is 316 g/mol. The molecule has 0 fully saturated rings. The van der Waals surface area contributed by atoms with Gasteiger partial charge >= 0.3 is 0 Å². The van der Waals surface area contributed by atoms with Crippen molar-refractivity contribution < 1.29 is 10.2 Å². The third-order valence-corrected chi connectivity index (χ3v) is 3.20. The first-order chi connectivity index (χ1) is 11.1. The van der Waals surface area contributed by atoms with Gasteiger partial charge in [0.25, 0.3) is 0 Å². The van der Waals surface area contributed by atoms with E-state index in [4.69, 9.17) is 21.8 Å². The zero-order valence-electron chi connectivity index (χ0n) is 12.6. The Kier molecular flexibility index (Phi) is 6.22. The van der Waals surface area contributed by atoms with Gasteiger partial charge in [-0.3, -0.25) is 9.67 Å². The van der Waals surface area contributed by atoms with Gasteiger partial charge in [-0.1, -0.05) is 23.7 Å². The lowest BCUT2D eigenvalue weighted by Gasteiger charge is -1.97. The number of aliphatic hydroxyl groups is 2. The Hall–Kier alpha value is -2.28. The summed E-state index contributed by atoms with van der Waals surface area (Å²) in [5.74, 6) is 0. The molecule has 6 nitrogen and oxygen atoms in total. The summed E-state index contributed by atoms with van der Waals surface area (Å²) in [5.41, 5.74) is 3.45. The Morgan fingerprint density at radius 2 is 1.61 bits per heavy atom. The van der Waals surface area contributed by atoms with Crippen molar-refractivity contribution in [2.24, 2.45) is 7.05 Å². The molecule has 0 unspecified atom stereocenters. The summed E-state index contributed by atoms with van der Waals surface area (Å²) in [4.78, 5) is 7.98. The second kappa shape index (κ2) is 8.38. The number of hydrogen-bond donors (Lipinski definition) is 2. The lowest BCUT2D eigenvalue weighted by molar-refractivity contribution is 0.281. The summed E-state index contributed by atoms with van der Waals surface area (Å²) in [6.07, 6.45) is 6.88. The molecule has 0 spiro atoms. The number of rotatable bonds is 3. The quantitative estimate of drug-likeness (QED) is 0.718. The summed E-state index contributed by atoms with van der Waals surface area (Å²) in [5, 5.41) is 21.9. The number of aromatic nitrogens is 4. The highest BCUT2D eigenvalue weighted by Crippen LogP contribution is 2.15. The number of aliphatic hydroxyl groups excluding tert-OH is 2. The molecule has 3 aromatic rings. The van der Waals surface area contributed by atoms with Gasteiger partial charge in [-0.15, -0.1) is 0 Å². The molecule has 7 heteroatoms. The van der Waals surface area contributed by atoms with Crippen LogP contribution in [0.1, 0.15) is 11.1 Å². The summed E-state index contributed by atoms with van der Waals surface area (Å²) in [6.45, 7) is 0.0461. The molecule has 3 aromatic heterocycles. The van der Waals surface area contributed by atoms with Crippen LogP contribution in [0.3, 0.4) is 0 Å². The number of halogens is 1. The van der Waals surface area contributed by atoms with E-state index in [1.807, 2.05) is 25.4 Å². The molecule has 0 saturated heterocycles. The van der Waals surface area contributed by atoms with Gasteiger partial charge in [0, 0.05) is 31.2 Å². The number of aryl methyl sites for hydroxylation is 1. The third-order valence-electron chi connectivity index (χ3n) is 2.98. The van der Waals surface area contributed by atoms with Crippen molar-refractivity contribution in [3.8, 4) is 11.3 Å². The van der Waals surface area contributed by atoms with Crippen LogP contribution in [0, 0.1) is 0 Å². The van der Waals surface area contributed by atoms with E-state index in [0.29, 0.717) is 5.15 Å². The Bertz CT molecular complexity index is 727. The van der Waals surface area contributed by atoms with E-state index in [2.05, 4.69) is 15.1 Å². The van der Waals surface area contributed by atoms with Crippen LogP contribution in [0.2, 0.25) is 5.15 Å². The molecule has 0 radical (unpaired) electrons. The topological polar surface area (TPSA) is 84.1 Å². The molecule has 3 heterocycles. The molecule has 0 aliphatic rings. The van der Waals surface area contributed by atoms with E-state index >= 15 is 0 Å². The lowest BCUT2D eigenvalue weighted by Crippen LogP contribution is -1.87. The van der Waals surface area contributed by atoms with E-state index in [9.17, 15) is 0 Å². The molecule has 0 aliphatic carbocycles. The van der Waals surface area contributed by atoms with Crippen LogP contribution < -0.4 is 0 Å². The predicted molar refractivity (Wildman–Crippen MR) is 87.5 cm³/mol. The van der Waals surface area contributed by atoms with Gasteiger partial charge in [0.2, 0.25) is 0 Å². The minimum atomic E-state index is 0.0180. The Labute approximate surface area is 139 Å². The van der Waals surface area contributed by atoms with E-state index < -0.39 is 0 Å². The predicted octanol–water partition coefficient (Wildman–Crippen LogP) is 2.20. The largest absolute Gasteiger partial charge is 0.392 e. The normalized spacial score (nSPS) is 10.1. The first-order valence-corrected chi connectivity index (χ1v) is 7.26. The van der Waals surface area contributed by atoms with Crippen LogP contribution in [0.15, 0.2) is 49.1 Å². The Morgan fingerprint density at radius 1 is 0.957 bits per heavy atom. The van der Waals surface area contributed by atoms with Crippen molar-refractivity contribution in [2.45, 2.75) is 13.2 Å². The number of pyridine rings is 2. The highest BCUT2D eigenvalue weighted by atomic mass is 35.5. The molecule has 0 bridgehead atoms. The van der Waals surface area contributed by atoms with Crippen LogP contribution in [0.4, 0.5) is 0 Å². The maximum Gasteiger partial charge on any atom is 0.129 e. The maximum atomic E-state index is 8.85. The third kappa shape index (κ3) is 5.14. The Morgan fingerprint density at radius 3 is 2.04 bits per heavy atom. The monoisotopic (exact) mass is 332 g/mol. The summed E-state index contributed by atoms with van der Waals surface area (Å²) >= 11 is 5.48. The second-order valence-corrected chi connectivity index (χ2v) is 5.15. The molecule has 120 valence electrons. The fraction of sp³-hybridized carbons (Fsp3) is 0.188. The standard InChI is InChI=1S/C10H11N3O.C6H6ClNO/c1-13-6-9(5-12-13)10-3-2-8(7-14)4-11-10;7-6-2-1-5(4-9)3-8-6/h2-6,14H,7H2,1H3;1-3,9H,4H2. The minimum Gasteiger partial charge on any atom is -0.392 e. The fourth-order valence-corrected chi connectivity index (χ4v) is 1.85. The molecule has 2 N–H and O–H groups in total. The van der Waals surface area contributed by atoms with Gasteiger partial charge in [-0.2, -0.15) is 5.10 Å². The van der Waals surface area contributed by atoms with Crippen molar-refractivity contribution in [1.82, 2.24) is 19.7 Å². The van der Waals surface area contributed by atoms with Gasteiger partial charge in [0.05, 0.1) is 25.1 Å². The summed E-state index contributed by atoms with van der Waals surface area (Å²) in [6, 6.07) is 7.11. The zero-order valence-corrected chi connectivity index (χ0v) is 13.4. The van der Waals surface area contributed by atoms with Crippen molar-refractivity contribution in [3.63, 3.8) is 0 Å². The molecule has 23 heavy (non-hydrogen) atoms. The van der Waals surface area contributed by atoms with Crippen LogP contribution in [-0.4, -0.2) is 30.0 Å². The van der Waals surface area contributed by atoms with Gasteiger partial charge in [-0.25, -0.2) is 4.98 Å². The zero-order chi connectivity index (χ0) is 16.7. The fourth-order valence-electron chi connectivity index (χ4n) is 1.74. The number of nitrogens with zero attached hydrogens (tertiary/aromatic N) is 4. The first kappa shape index (κ1) is 17.1. The molecule has 3 rings (SSSR count). The molecular formula is C16H17ClN4O2. The smallest absolute Gasteiger partial charge is 0.129 e. The molecule has 0 saturated carbocycles. The molecule has 0 atom stereocenters. The number of hydrogen-bond acceptors (Lipinski definition) is 5. The van der Waals surface area contributed by atoms with Crippen LogP contribution in [-0.2, 0) is 20.3 Å². The van der Waals surface area contributed by atoms with Gasteiger partial charge in [0.15, 0.2) is 0 Å². The van der Waals surface area contributed by atoms with E-state index in [-0.39, 0.29) is 13.2 Å².